The normalized spacial score (nSPS) is 11.2. The van der Waals surface area contributed by atoms with Gasteiger partial charge >= 0.3 is 5.97 Å². The molecule has 2 aromatic carbocycles. The van der Waals surface area contributed by atoms with Crippen molar-refractivity contribution < 1.29 is 22.7 Å². The average molecular weight is 426 g/mol. The van der Waals surface area contributed by atoms with E-state index in [-0.39, 0.29) is 22.0 Å². The van der Waals surface area contributed by atoms with Gasteiger partial charge in [-0.25, -0.2) is 17.9 Å². The highest BCUT2D eigenvalue weighted by molar-refractivity contribution is 7.89. The van der Waals surface area contributed by atoms with Crippen molar-refractivity contribution in [2.75, 3.05) is 20.3 Å². The Morgan fingerprint density at radius 1 is 1.18 bits per heavy atom. The van der Waals surface area contributed by atoms with E-state index in [4.69, 9.17) is 16.3 Å². The zero-order chi connectivity index (χ0) is 20.6. The fourth-order valence-electron chi connectivity index (χ4n) is 2.57. The number of halogens is 1. The molecular formula is C20H24ClNO5S. The predicted molar refractivity (Wildman–Crippen MR) is 109 cm³/mol. The van der Waals surface area contributed by atoms with Crippen LogP contribution in [0.3, 0.4) is 0 Å². The Balaban J connectivity index is 1.99. The third-order valence-corrected chi connectivity index (χ3v) is 5.79. The number of aryl methyl sites for hydroxylation is 1. The Kier molecular flexibility index (Phi) is 8.29. The summed E-state index contributed by atoms with van der Waals surface area (Å²) in [5, 5.41) is 0.134. The molecule has 0 aromatic heterocycles. The van der Waals surface area contributed by atoms with Crippen molar-refractivity contribution in [3.63, 3.8) is 0 Å². The summed E-state index contributed by atoms with van der Waals surface area (Å²) < 4.78 is 37.9. The van der Waals surface area contributed by atoms with Gasteiger partial charge in [-0.15, -0.1) is 0 Å². The highest BCUT2D eigenvalue weighted by atomic mass is 35.5. The van der Waals surface area contributed by atoms with Crippen molar-refractivity contribution in [3.05, 3.63) is 58.6 Å². The van der Waals surface area contributed by atoms with E-state index in [1.807, 2.05) is 31.2 Å². The Morgan fingerprint density at radius 2 is 1.93 bits per heavy atom. The minimum atomic E-state index is -3.77. The first-order chi connectivity index (χ1) is 13.4. The topological polar surface area (TPSA) is 81.7 Å². The zero-order valence-electron chi connectivity index (χ0n) is 15.9. The number of methoxy groups -OCH3 is 1. The molecule has 8 heteroatoms. The number of esters is 1. The minimum Gasteiger partial charge on any atom is -0.493 e. The number of carbonyl (C=O) groups excluding carboxylic acids is 1. The van der Waals surface area contributed by atoms with E-state index >= 15 is 0 Å². The van der Waals surface area contributed by atoms with Crippen LogP contribution in [0.2, 0.25) is 5.02 Å². The Hall–Kier alpha value is -2.09. The third-order valence-electron chi connectivity index (χ3n) is 4.00. The van der Waals surface area contributed by atoms with Gasteiger partial charge in [0.15, 0.2) is 0 Å². The van der Waals surface area contributed by atoms with E-state index < -0.39 is 16.0 Å². The summed E-state index contributed by atoms with van der Waals surface area (Å²) >= 11 is 5.94. The quantitative estimate of drug-likeness (QED) is 0.462. The van der Waals surface area contributed by atoms with Crippen molar-refractivity contribution in [3.8, 4) is 5.75 Å². The molecule has 0 spiro atoms. The molecule has 0 bridgehead atoms. The second-order valence-corrected chi connectivity index (χ2v) is 8.26. The molecule has 0 aliphatic heterocycles. The lowest BCUT2D eigenvalue weighted by molar-refractivity contribution is 0.0600. The summed E-state index contributed by atoms with van der Waals surface area (Å²) in [7, 11) is -2.56. The molecule has 0 aliphatic carbocycles. The first kappa shape index (κ1) is 22.2. The molecule has 0 heterocycles. The minimum absolute atomic E-state index is 0.00837. The molecule has 0 radical (unpaired) electrons. The number of nitrogens with one attached hydrogen (secondary N) is 1. The van der Waals surface area contributed by atoms with Gasteiger partial charge in [-0.1, -0.05) is 36.7 Å². The monoisotopic (exact) mass is 425 g/mol. The number of hydrogen-bond donors (Lipinski definition) is 1. The van der Waals surface area contributed by atoms with Gasteiger partial charge in [0, 0.05) is 6.54 Å². The maximum absolute atomic E-state index is 12.5. The molecule has 6 nitrogen and oxygen atoms in total. The van der Waals surface area contributed by atoms with E-state index in [0.717, 1.165) is 17.7 Å². The van der Waals surface area contributed by atoms with Crippen LogP contribution in [0.5, 0.6) is 5.75 Å². The standard InChI is InChI=1S/C20H24ClNO5S/c1-3-13-27-19-9-5-4-7-15(19)8-6-12-22-28(24,25)16-10-11-18(21)17(14-16)20(23)26-2/h4-5,7,9-11,14,22H,3,6,8,12-13H2,1-2H3. The van der Waals surface area contributed by atoms with Crippen LogP contribution < -0.4 is 9.46 Å². The zero-order valence-corrected chi connectivity index (χ0v) is 17.5. The van der Waals surface area contributed by atoms with Crippen molar-refractivity contribution >= 4 is 27.6 Å². The van der Waals surface area contributed by atoms with Gasteiger partial charge < -0.3 is 9.47 Å². The van der Waals surface area contributed by atoms with Crippen LogP contribution >= 0.6 is 11.6 Å². The molecule has 0 saturated carbocycles. The van der Waals surface area contributed by atoms with E-state index in [1.165, 1.54) is 25.3 Å². The summed E-state index contributed by atoms with van der Waals surface area (Å²) in [5.74, 6) is 0.137. The van der Waals surface area contributed by atoms with Gasteiger partial charge in [-0.3, -0.25) is 0 Å². The Labute approximate surface area is 170 Å². The summed E-state index contributed by atoms with van der Waals surface area (Å²) in [6, 6.07) is 11.7. The average Bonchev–Trinajstić information content (AvgIpc) is 2.70. The van der Waals surface area contributed by atoms with Gasteiger partial charge in [0.25, 0.3) is 0 Å². The van der Waals surface area contributed by atoms with Crippen LogP contribution in [0.4, 0.5) is 0 Å². The first-order valence-corrected chi connectivity index (χ1v) is 10.8. The number of ether oxygens (including phenoxy) is 2. The molecule has 152 valence electrons. The number of carbonyl (C=O) groups is 1. The summed E-state index contributed by atoms with van der Waals surface area (Å²) in [6.07, 6.45) is 2.20. The van der Waals surface area contributed by atoms with E-state index in [1.54, 1.807) is 0 Å². The molecule has 0 amide bonds. The molecular weight excluding hydrogens is 402 g/mol. The van der Waals surface area contributed by atoms with Crippen LogP contribution in [0.1, 0.15) is 35.7 Å². The largest absolute Gasteiger partial charge is 0.493 e. The van der Waals surface area contributed by atoms with E-state index in [2.05, 4.69) is 9.46 Å². The van der Waals surface area contributed by atoms with Gasteiger partial charge in [-0.05, 0) is 49.1 Å². The summed E-state index contributed by atoms with van der Waals surface area (Å²) in [6.45, 7) is 2.93. The number of para-hydroxylation sites is 1. The van der Waals surface area contributed by atoms with E-state index in [9.17, 15) is 13.2 Å². The van der Waals surface area contributed by atoms with Crippen LogP contribution in [0, 0.1) is 0 Å². The molecule has 0 saturated heterocycles. The number of rotatable bonds is 10. The van der Waals surface area contributed by atoms with Crippen molar-refractivity contribution in [2.45, 2.75) is 31.1 Å². The molecule has 0 unspecified atom stereocenters. The smallest absolute Gasteiger partial charge is 0.339 e. The lowest BCUT2D eigenvalue weighted by Crippen LogP contribution is -2.25. The van der Waals surface area contributed by atoms with Crippen LogP contribution in [0.25, 0.3) is 0 Å². The van der Waals surface area contributed by atoms with Gasteiger partial charge in [-0.2, -0.15) is 0 Å². The van der Waals surface area contributed by atoms with Crippen molar-refractivity contribution in [1.29, 1.82) is 0 Å². The molecule has 0 aliphatic rings. The molecule has 0 atom stereocenters. The van der Waals surface area contributed by atoms with Gasteiger partial charge in [0.2, 0.25) is 10.0 Å². The second kappa shape index (κ2) is 10.5. The van der Waals surface area contributed by atoms with Gasteiger partial charge in [0.1, 0.15) is 5.75 Å². The van der Waals surface area contributed by atoms with Crippen molar-refractivity contribution in [1.82, 2.24) is 4.72 Å². The third kappa shape index (κ3) is 5.95. The lowest BCUT2D eigenvalue weighted by atomic mass is 10.1. The predicted octanol–water partition coefficient (Wildman–Crippen LogP) is 3.83. The Bertz CT molecular complexity index is 915. The first-order valence-electron chi connectivity index (χ1n) is 8.97. The molecule has 2 rings (SSSR count). The van der Waals surface area contributed by atoms with Crippen LogP contribution in [-0.2, 0) is 21.2 Å². The van der Waals surface area contributed by atoms with Crippen LogP contribution in [-0.4, -0.2) is 34.6 Å². The molecule has 1 N–H and O–H groups in total. The SMILES string of the molecule is CCCOc1ccccc1CCCNS(=O)(=O)c1ccc(Cl)c(C(=O)OC)c1. The highest BCUT2D eigenvalue weighted by Crippen LogP contribution is 2.22. The molecule has 28 heavy (non-hydrogen) atoms. The second-order valence-electron chi connectivity index (χ2n) is 6.09. The number of benzene rings is 2. The maximum Gasteiger partial charge on any atom is 0.339 e. The Morgan fingerprint density at radius 3 is 2.64 bits per heavy atom. The van der Waals surface area contributed by atoms with Crippen LogP contribution in [0.15, 0.2) is 47.4 Å². The van der Waals surface area contributed by atoms with Crippen molar-refractivity contribution in [2.24, 2.45) is 0 Å². The maximum atomic E-state index is 12.5. The lowest BCUT2D eigenvalue weighted by Gasteiger charge is -2.11. The number of hydrogen-bond acceptors (Lipinski definition) is 5. The molecule has 2 aromatic rings. The fraction of sp³-hybridized carbons (Fsp3) is 0.350. The summed E-state index contributed by atoms with van der Waals surface area (Å²) in [5.41, 5.74) is 1.05. The highest BCUT2D eigenvalue weighted by Gasteiger charge is 2.18. The summed E-state index contributed by atoms with van der Waals surface area (Å²) in [4.78, 5) is 11.7. The number of sulfonamides is 1. The van der Waals surface area contributed by atoms with E-state index in [0.29, 0.717) is 19.4 Å². The fourth-order valence-corrected chi connectivity index (χ4v) is 3.86. The molecule has 0 fully saturated rings. The van der Waals surface area contributed by atoms with Gasteiger partial charge in [0.05, 0.1) is 29.2 Å².